The standard InChI is InChI=1S/C22H21N5O/c1-13-14(2)23-15(3)21(28-4)20(13)17-10-11-18(16-8-6-5-7-9-16)19(12-17)22-24-26-27-25-22/h5-12H,1-4H3,(H,24,25,26,27). The Balaban J connectivity index is 1.99. The fourth-order valence-electron chi connectivity index (χ4n) is 3.55. The zero-order chi connectivity index (χ0) is 19.7. The van der Waals surface area contributed by atoms with Gasteiger partial charge in [0.2, 0.25) is 5.82 Å². The van der Waals surface area contributed by atoms with Gasteiger partial charge >= 0.3 is 0 Å². The summed E-state index contributed by atoms with van der Waals surface area (Å²) in [5, 5.41) is 14.7. The summed E-state index contributed by atoms with van der Waals surface area (Å²) in [6, 6.07) is 16.5. The van der Waals surface area contributed by atoms with E-state index in [2.05, 4.69) is 62.9 Å². The number of tetrazole rings is 1. The molecule has 0 spiro atoms. The van der Waals surface area contributed by atoms with Gasteiger partial charge in [-0.05, 0) is 54.3 Å². The van der Waals surface area contributed by atoms with Gasteiger partial charge in [-0.1, -0.05) is 42.5 Å². The zero-order valence-corrected chi connectivity index (χ0v) is 16.3. The molecule has 0 amide bonds. The van der Waals surface area contributed by atoms with Crippen LogP contribution in [0.4, 0.5) is 0 Å². The van der Waals surface area contributed by atoms with Crippen molar-refractivity contribution in [1.82, 2.24) is 25.6 Å². The van der Waals surface area contributed by atoms with E-state index < -0.39 is 0 Å². The third-order valence-electron chi connectivity index (χ3n) is 4.99. The van der Waals surface area contributed by atoms with Crippen LogP contribution >= 0.6 is 0 Å². The van der Waals surface area contributed by atoms with Gasteiger partial charge in [-0.2, -0.15) is 5.21 Å². The maximum absolute atomic E-state index is 5.70. The van der Waals surface area contributed by atoms with Gasteiger partial charge < -0.3 is 4.74 Å². The van der Waals surface area contributed by atoms with Crippen molar-refractivity contribution in [3.63, 3.8) is 0 Å². The predicted molar refractivity (Wildman–Crippen MR) is 109 cm³/mol. The summed E-state index contributed by atoms with van der Waals surface area (Å²) < 4.78 is 5.70. The molecule has 1 N–H and O–H groups in total. The van der Waals surface area contributed by atoms with Gasteiger partial charge in [-0.3, -0.25) is 4.98 Å². The topological polar surface area (TPSA) is 76.6 Å². The fourth-order valence-corrected chi connectivity index (χ4v) is 3.55. The molecule has 2 aromatic carbocycles. The van der Waals surface area contributed by atoms with Crippen molar-refractivity contribution in [3.8, 4) is 39.4 Å². The monoisotopic (exact) mass is 371 g/mol. The van der Waals surface area contributed by atoms with Crippen molar-refractivity contribution in [1.29, 1.82) is 0 Å². The van der Waals surface area contributed by atoms with E-state index in [0.29, 0.717) is 5.82 Å². The highest BCUT2D eigenvalue weighted by Crippen LogP contribution is 2.40. The van der Waals surface area contributed by atoms with Crippen molar-refractivity contribution in [3.05, 3.63) is 65.5 Å². The van der Waals surface area contributed by atoms with Crippen molar-refractivity contribution in [2.24, 2.45) is 0 Å². The molecule has 4 rings (SSSR count). The molecule has 0 saturated carbocycles. The van der Waals surface area contributed by atoms with Crippen LogP contribution in [0.15, 0.2) is 48.5 Å². The number of methoxy groups -OCH3 is 1. The minimum absolute atomic E-state index is 0.555. The lowest BCUT2D eigenvalue weighted by Crippen LogP contribution is -2.01. The lowest BCUT2D eigenvalue weighted by molar-refractivity contribution is 0.410. The molecular weight excluding hydrogens is 350 g/mol. The van der Waals surface area contributed by atoms with Crippen LogP contribution in [0.5, 0.6) is 5.75 Å². The number of pyridine rings is 1. The van der Waals surface area contributed by atoms with E-state index in [-0.39, 0.29) is 0 Å². The maximum atomic E-state index is 5.70. The highest BCUT2D eigenvalue weighted by Gasteiger charge is 2.19. The molecule has 6 heteroatoms. The van der Waals surface area contributed by atoms with Gasteiger partial charge in [-0.15, -0.1) is 10.2 Å². The van der Waals surface area contributed by atoms with Crippen molar-refractivity contribution >= 4 is 0 Å². The summed E-state index contributed by atoms with van der Waals surface area (Å²) in [7, 11) is 1.68. The average Bonchev–Trinajstić information content (AvgIpc) is 3.25. The van der Waals surface area contributed by atoms with Crippen LogP contribution in [0.1, 0.15) is 17.0 Å². The molecule has 4 aromatic rings. The lowest BCUT2D eigenvalue weighted by Gasteiger charge is -2.17. The van der Waals surface area contributed by atoms with Gasteiger partial charge in [0.25, 0.3) is 0 Å². The molecule has 0 atom stereocenters. The summed E-state index contributed by atoms with van der Waals surface area (Å²) in [6.45, 7) is 6.05. The number of hydrogen-bond donors (Lipinski definition) is 1. The second-order valence-corrected chi connectivity index (χ2v) is 6.68. The van der Waals surface area contributed by atoms with Gasteiger partial charge in [0.1, 0.15) is 5.75 Å². The number of hydrogen-bond acceptors (Lipinski definition) is 5. The summed E-state index contributed by atoms with van der Waals surface area (Å²) in [4.78, 5) is 4.60. The second-order valence-electron chi connectivity index (χ2n) is 6.68. The Kier molecular flexibility index (Phi) is 4.61. The van der Waals surface area contributed by atoms with Crippen molar-refractivity contribution < 1.29 is 4.74 Å². The van der Waals surface area contributed by atoms with E-state index >= 15 is 0 Å². The molecule has 0 saturated heterocycles. The van der Waals surface area contributed by atoms with Gasteiger partial charge in [0, 0.05) is 16.8 Å². The Morgan fingerprint density at radius 1 is 0.857 bits per heavy atom. The summed E-state index contributed by atoms with van der Waals surface area (Å²) in [6.07, 6.45) is 0. The smallest absolute Gasteiger partial charge is 0.205 e. The molecular formula is C22H21N5O. The number of benzene rings is 2. The molecule has 6 nitrogen and oxygen atoms in total. The van der Waals surface area contributed by atoms with Gasteiger partial charge in [-0.25, -0.2) is 0 Å². The minimum atomic E-state index is 0.555. The van der Waals surface area contributed by atoms with Gasteiger partial charge in [0.05, 0.1) is 12.8 Å². The first-order chi connectivity index (χ1) is 13.6. The fraction of sp³-hybridized carbons (Fsp3) is 0.182. The number of rotatable bonds is 4. The third-order valence-corrected chi connectivity index (χ3v) is 4.99. The molecule has 0 radical (unpaired) electrons. The molecule has 140 valence electrons. The third kappa shape index (κ3) is 3.03. The van der Waals surface area contributed by atoms with Crippen LogP contribution in [0.25, 0.3) is 33.6 Å². The number of aryl methyl sites for hydroxylation is 2. The molecule has 2 heterocycles. The highest BCUT2D eigenvalue weighted by atomic mass is 16.5. The molecule has 0 aliphatic rings. The van der Waals surface area contributed by atoms with Crippen LogP contribution < -0.4 is 4.74 Å². The molecule has 0 fully saturated rings. The van der Waals surface area contributed by atoms with Crippen LogP contribution in [-0.4, -0.2) is 32.7 Å². The Labute approximate surface area is 163 Å². The van der Waals surface area contributed by atoms with Crippen molar-refractivity contribution in [2.45, 2.75) is 20.8 Å². The van der Waals surface area contributed by atoms with E-state index in [0.717, 1.165) is 50.5 Å². The van der Waals surface area contributed by atoms with E-state index in [1.165, 1.54) is 0 Å². The van der Waals surface area contributed by atoms with Crippen LogP contribution in [0.3, 0.4) is 0 Å². The minimum Gasteiger partial charge on any atom is -0.494 e. The van der Waals surface area contributed by atoms with E-state index in [4.69, 9.17) is 4.74 Å². The number of H-pyrrole nitrogens is 1. The molecule has 2 aromatic heterocycles. The first-order valence-electron chi connectivity index (χ1n) is 9.05. The Morgan fingerprint density at radius 2 is 1.64 bits per heavy atom. The molecule has 0 bridgehead atoms. The number of ether oxygens (including phenoxy) is 1. The average molecular weight is 371 g/mol. The molecule has 28 heavy (non-hydrogen) atoms. The summed E-state index contributed by atoms with van der Waals surface area (Å²) in [5.41, 5.74) is 8.07. The lowest BCUT2D eigenvalue weighted by atomic mass is 9.92. The number of nitrogens with zero attached hydrogens (tertiary/aromatic N) is 4. The number of nitrogens with one attached hydrogen (secondary N) is 1. The van der Waals surface area contributed by atoms with E-state index in [9.17, 15) is 0 Å². The molecule has 0 aliphatic carbocycles. The summed E-state index contributed by atoms with van der Waals surface area (Å²) in [5.74, 6) is 1.34. The predicted octanol–water partition coefficient (Wildman–Crippen LogP) is 4.53. The highest BCUT2D eigenvalue weighted by molar-refractivity contribution is 5.86. The van der Waals surface area contributed by atoms with Crippen LogP contribution in [-0.2, 0) is 0 Å². The number of aromatic amines is 1. The van der Waals surface area contributed by atoms with Crippen LogP contribution in [0, 0.1) is 20.8 Å². The van der Waals surface area contributed by atoms with Gasteiger partial charge in [0.15, 0.2) is 0 Å². The number of aromatic nitrogens is 5. The first-order valence-corrected chi connectivity index (χ1v) is 9.05. The largest absolute Gasteiger partial charge is 0.494 e. The van der Waals surface area contributed by atoms with E-state index in [1.54, 1.807) is 7.11 Å². The second kappa shape index (κ2) is 7.23. The Bertz CT molecular complexity index is 1120. The maximum Gasteiger partial charge on any atom is 0.205 e. The normalized spacial score (nSPS) is 10.9. The molecule has 0 unspecified atom stereocenters. The van der Waals surface area contributed by atoms with Crippen LogP contribution in [0.2, 0.25) is 0 Å². The Hall–Kier alpha value is -3.54. The van der Waals surface area contributed by atoms with E-state index in [1.807, 2.05) is 32.0 Å². The first kappa shape index (κ1) is 17.9. The zero-order valence-electron chi connectivity index (χ0n) is 16.3. The Morgan fingerprint density at radius 3 is 2.32 bits per heavy atom. The summed E-state index contributed by atoms with van der Waals surface area (Å²) >= 11 is 0. The SMILES string of the molecule is COc1c(C)nc(C)c(C)c1-c1ccc(-c2ccccc2)c(-c2nn[nH]n2)c1. The molecule has 0 aliphatic heterocycles. The quantitative estimate of drug-likeness (QED) is 0.570. The van der Waals surface area contributed by atoms with Crippen molar-refractivity contribution in [2.75, 3.05) is 7.11 Å².